The Hall–Kier alpha value is -0.350. The largest absolute Gasteiger partial charge is 0.337 e. The summed E-state index contributed by atoms with van der Waals surface area (Å²) in [5, 5.41) is 0. The molecule has 0 aromatic carbocycles. The van der Waals surface area contributed by atoms with E-state index in [9.17, 15) is 0 Å². The number of halogens is 1. The van der Waals surface area contributed by atoms with Crippen molar-refractivity contribution in [1.29, 1.82) is 0 Å². The van der Waals surface area contributed by atoms with Crippen molar-refractivity contribution in [3.63, 3.8) is 0 Å². The molecule has 2 N–H and O–H groups in total. The smallest absolute Gasteiger partial charge is 0.0945 e. The van der Waals surface area contributed by atoms with Crippen molar-refractivity contribution in [3.8, 4) is 0 Å². The summed E-state index contributed by atoms with van der Waals surface area (Å²) in [6.07, 6.45) is 7.88. The highest BCUT2D eigenvalue weighted by Crippen LogP contribution is 2.06. The van der Waals surface area contributed by atoms with Gasteiger partial charge in [-0.15, -0.1) is 0 Å². The summed E-state index contributed by atoms with van der Waals surface area (Å²) < 4.78 is 2.08. The first-order valence-corrected chi connectivity index (χ1v) is 5.04. The van der Waals surface area contributed by atoms with E-state index in [1.807, 2.05) is 12.5 Å². The molecular formula is C8H14BrN3. The molecule has 0 amide bonds. The lowest BCUT2D eigenvalue weighted by molar-refractivity contribution is 0.601. The molecule has 0 aliphatic carbocycles. The fraction of sp³-hybridized carbons (Fsp3) is 0.625. The first-order chi connectivity index (χ1) is 5.83. The lowest BCUT2D eigenvalue weighted by Gasteiger charge is -2.06. The Morgan fingerprint density at radius 3 is 3.00 bits per heavy atom. The third-order valence-electron chi connectivity index (χ3n) is 1.75. The van der Waals surface area contributed by atoms with Gasteiger partial charge in [0.2, 0.25) is 0 Å². The fourth-order valence-corrected chi connectivity index (χ4v) is 1.36. The van der Waals surface area contributed by atoms with Crippen LogP contribution in [0.2, 0.25) is 0 Å². The second-order valence-corrected chi connectivity index (χ2v) is 4.07. The van der Waals surface area contributed by atoms with E-state index in [1.54, 1.807) is 6.20 Å². The molecule has 0 saturated carbocycles. The van der Waals surface area contributed by atoms with Gasteiger partial charge < -0.3 is 10.3 Å². The third kappa shape index (κ3) is 3.36. The van der Waals surface area contributed by atoms with Crippen LogP contribution in [-0.2, 0) is 6.54 Å². The summed E-state index contributed by atoms with van der Waals surface area (Å²) in [4.78, 5) is 4.43. The van der Waals surface area contributed by atoms with Crippen LogP contribution in [0.25, 0.3) is 0 Å². The topological polar surface area (TPSA) is 43.8 Å². The number of rotatable bonds is 5. The molecule has 1 aromatic rings. The zero-order chi connectivity index (χ0) is 8.81. The fourth-order valence-electron chi connectivity index (χ4n) is 1.03. The number of hydrogen-bond acceptors (Lipinski definition) is 2. The van der Waals surface area contributed by atoms with Gasteiger partial charge in [0.05, 0.1) is 6.33 Å². The molecule has 3 nitrogen and oxygen atoms in total. The predicted octanol–water partition coefficient (Wildman–Crippen LogP) is 1.39. The maximum absolute atomic E-state index is 5.47. The van der Waals surface area contributed by atoms with Gasteiger partial charge in [0, 0.05) is 30.3 Å². The predicted molar refractivity (Wildman–Crippen MR) is 53.2 cm³/mol. The molecule has 1 rings (SSSR count). The number of alkyl halides is 1. The Balaban J connectivity index is 2.11. The number of imidazole rings is 1. The van der Waals surface area contributed by atoms with Crippen molar-refractivity contribution in [2.45, 2.75) is 24.2 Å². The van der Waals surface area contributed by atoms with Crippen LogP contribution < -0.4 is 5.73 Å². The zero-order valence-corrected chi connectivity index (χ0v) is 8.57. The normalized spacial score (nSPS) is 13.2. The van der Waals surface area contributed by atoms with Gasteiger partial charge >= 0.3 is 0 Å². The van der Waals surface area contributed by atoms with Crippen molar-refractivity contribution in [2.75, 3.05) is 6.54 Å². The molecule has 1 unspecified atom stereocenters. The second-order valence-electron chi connectivity index (χ2n) is 2.78. The van der Waals surface area contributed by atoms with E-state index in [0.717, 1.165) is 19.4 Å². The van der Waals surface area contributed by atoms with Gasteiger partial charge in [0.15, 0.2) is 0 Å². The van der Waals surface area contributed by atoms with Crippen molar-refractivity contribution >= 4 is 15.9 Å². The van der Waals surface area contributed by atoms with Crippen LogP contribution >= 0.6 is 15.9 Å². The van der Waals surface area contributed by atoms with Gasteiger partial charge in [-0.25, -0.2) is 4.98 Å². The van der Waals surface area contributed by atoms with E-state index >= 15 is 0 Å². The number of nitrogens with two attached hydrogens (primary N) is 1. The van der Waals surface area contributed by atoms with E-state index in [-0.39, 0.29) is 0 Å². The molecule has 0 fully saturated rings. The Morgan fingerprint density at radius 2 is 2.42 bits per heavy atom. The summed E-state index contributed by atoms with van der Waals surface area (Å²) in [5.41, 5.74) is 5.47. The zero-order valence-electron chi connectivity index (χ0n) is 6.99. The third-order valence-corrected chi connectivity index (χ3v) is 2.58. The highest BCUT2D eigenvalue weighted by molar-refractivity contribution is 9.09. The maximum Gasteiger partial charge on any atom is 0.0945 e. The molecule has 12 heavy (non-hydrogen) atoms. The number of aromatic nitrogens is 2. The summed E-state index contributed by atoms with van der Waals surface area (Å²) in [7, 11) is 0. The van der Waals surface area contributed by atoms with Crippen LogP contribution in [0.15, 0.2) is 18.7 Å². The number of hydrogen-bond donors (Lipinski definition) is 1. The second kappa shape index (κ2) is 5.32. The van der Waals surface area contributed by atoms with Gasteiger partial charge in [-0.1, -0.05) is 15.9 Å². The van der Waals surface area contributed by atoms with Crippen LogP contribution in [0.5, 0.6) is 0 Å². The molecule has 0 aliphatic heterocycles. The first-order valence-electron chi connectivity index (χ1n) is 4.13. The Labute approximate surface area is 81.1 Å². The van der Waals surface area contributed by atoms with E-state index < -0.39 is 0 Å². The van der Waals surface area contributed by atoms with Crippen LogP contribution in [0.4, 0.5) is 0 Å². The van der Waals surface area contributed by atoms with E-state index in [1.165, 1.54) is 0 Å². The Morgan fingerprint density at radius 1 is 1.58 bits per heavy atom. The quantitative estimate of drug-likeness (QED) is 0.779. The summed E-state index contributed by atoms with van der Waals surface area (Å²) in [6.45, 7) is 1.74. The minimum absolute atomic E-state index is 0.459. The number of aryl methyl sites for hydroxylation is 1. The van der Waals surface area contributed by atoms with Gasteiger partial charge in [-0.3, -0.25) is 0 Å². The summed E-state index contributed by atoms with van der Waals surface area (Å²) in [5.74, 6) is 0. The maximum atomic E-state index is 5.47. The van der Waals surface area contributed by atoms with Gasteiger partial charge in [0.1, 0.15) is 0 Å². The molecule has 0 spiro atoms. The van der Waals surface area contributed by atoms with Crippen molar-refractivity contribution in [2.24, 2.45) is 5.73 Å². The van der Waals surface area contributed by atoms with Gasteiger partial charge in [-0.05, 0) is 12.8 Å². The minimum atomic E-state index is 0.459. The monoisotopic (exact) mass is 231 g/mol. The van der Waals surface area contributed by atoms with E-state index in [0.29, 0.717) is 11.4 Å². The van der Waals surface area contributed by atoms with Crippen LogP contribution in [0.3, 0.4) is 0 Å². The molecule has 0 bridgehead atoms. The summed E-state index contributed by atoms with van der Waals surface area (Å²) >= 11 is 3.49. The average molecular weight is 232 g/mol. The van der Waals surface area contributed by atoms with Crippen molar-refractivity contribution in [3.05, 3.63) is 18.7 Å². The Bertz CT molecular complexity index is 198. The molecule has 0 radical (unpaired) electrons. The van der Waals surface area contributed by atoms with Crippen LogP contribution in [-0.4, -0.2) is 20.9 Å². The summed E-state index contributed by atoms with van der Waals surface area (Å²) in [6, 6.07) is 0. The van der Waals surface area contributed by atoms with Crippen molar-refractivity contribution in [1.82, 2.24) is 9.55 Å². The van der Waals surface area contributed by atoms with Gasteiger partial charge in [-0.2, -0.15) is 0 Å². The van der Waals surface area contributed by atoms with Crippen molar-refractivity contribution < 1.29 is 0 Å². The Kier molecular flexibility index (Phi) is 4.32. The van der Waals surface area contributed by atoms with Crippen LogP contribution in [0, 0.1) is 0 Å². The van der Waals surface area contributed by atoms with E-state index in [2.05, 4.69) is 25.5 Å². The average Bonchev–Trinajstić information content (AvgIpc) is 2.57. The van der Waals surface area contributed by atoms with Crippen LogP contribution in [0.1, 0.15) is 12.8 Å². The minimum Gasteiger partial charge on any atom is -0.337 e. The molecule has 1 aromatic heterocycles. The molecule has 4 heteroatoms. The van der Waals surface area contributed by atoms with E-state index in [4.69, 9.17) is 5.73 Å². The van der Waals surface area contributed by atoms with Gasteiger partial charge in [0.25, 0.3) is 0 Å². The molecule has 1 atom stereocenters. The molecule has 0 saturated heterocycles. The highest BCUT2D eigenvalue weighted by atomic mass is 79.9. The standard InChI is InChI=1S/C8H14BrN3/c9-8(6-10)2-1-4-12-5-3-11-7-12/h3,5,7-8H,1-2,4,6,10H2. The number of nitrogens with zero attached hydrogens (tertiary/aromatic N) is 2. The first kappa shape index (κ1) is 9.74. The molecule has 68 valence electrons. The molecule has 0 aliphatic rings. The lowest BCUT2D eigenvalue weighted by atomic mass is 10.2. The molecule has 1 heterocycles. The highest BCUT2D eigenvalue weighted by Gasteiger charge is 1.99. The lowest BCUT2D eigenvalue weighted by Crippen LogP contribution is -2.13. The SMILES string of the molecule is NCC(Br)CCCn1ccnc1. The molecular weight excluding hydrogens is 218 g/mol.